The molecule has 3 heteroatoms. The highest BCUT2D eigenvalue weighted by molar-refractivity contribution is 7.79. The van der Waals surface area contributed by atoms with Gasteiger partial charge in [0.25, 0.3) is 0 Å². The van der Waals surface area contributed by atoms with Crippen LogP contribution in [0, 0.1) is 0 Å². The van der Waals surface area contributed by atoms with Crippen LogP contribution in [0.15, 0.2) is 23.6 Å². The summed E-state index contributed by atoms with van der Waals surface area (Å²) >= 11 is 5.97. The zero-order valence-electron chi connectivity index (χ0n) is 6.45. The van der Waals surface area contributed by atoms with Crippen molar-refractivity contribution in [3.05, 3.63) is 29.1 Å². The standard InChI is InChI=1S/C9H9NS2/c10-7-2-1-3-8-9(7)6(4-11)5-12-8/h1-3,5,11H,4,10H2. The summed E-state index contributed by atoms with van der Waals surface area (Å²) in [6, 6.07) is 6.00. The van der Waals surface area contributed by atoms with Crippen LogP contribution in [0.3, 0.4) is 0 Å². The molecular formula is C9H9NS2. The minimum atomic E-state index is 0.758. The molecule has 2 rings (SSSR count). The summed E-state index contributed by atoms with van der Waals surface area (Å²) < 4.78 is 1.25. The van der Waals surface area contributed by atoms with Crippen LogP contribution in [-0.4, -0.2) is 0 Å². The molecule has 0 bridgehead atoms. The molecule has 1 aromatic carbocycles. The fourth-order valence-corrected chi connectivity index (χ4v) is 2.67. The lowest BCUT2D eigenvalue weighted by atomic mass is 10.1. The number of thiol groups is 1. The van der Waals surface area contributed by atoms with Gasteiger partial charge in [-0.25, -0.2) is 0 Å². The van der Waals surface area contributed by atoms with E-state index in [0.717, 1.165) is 11.4 Å². The topological polar surface area (TPSA) is 26.0 Å². The maximum Gasteiger partial charge on any atom is 0.0405 e. The first-order chi connectivity index (χ1) is 5.83. The van der Waals surface area contributed by atoms with Crippen LogP contribution in [0.5, 0.6) is 0 Å². The first-order valence-corrected chi connectivity index (χ1v) is 5.19. The molecule has 0 amide bonds. The summed E-state index contributed by atoms with van der Waals surface area (Å²) in [6.45, 7) is 0. The van der Waals surface area contributed by atoms with Gasteiger partial charge in [-0.05, 0) is 23.1 Å². The molecule has 62 valence electrons. The van der Waals surface area contributed by atoms with E-state index in [1.807, 2.05) is 12.1 Å². The molecule has 0 aliphatic rings. The second-order valence-electron chi connectivity index (χ2n) is 2.64. The van der Waals surface area contributed by atoms with Gasteiger partial charge in [-0.1, -0.05) is 6.07 Å². The molecule has 12 heavy (non-hydrogen) atoms. The Balaban J connectivity index is 2.83. The molecule has 2 aromatic rings. The van der Waals surface area contributed by atoms with Gasteiger partial charge in [-0.3, -0.25) is 0 Å². The van der Waals surface area contributed by atoms with E-state index in [-0.39, 0.29) is 0 Å². The predicted molar refractivity (Wildman–Crippen MR) is 58.9 cm³/mol. The molecule has 0 spiro atoms. The van der Waals surface area contributed by atoms with Gasteiger partial charge in [0.1, 0.15) is 0 Å². The highest BCUT2D eigenvalue weighted by atomic mass is 32.1. The minimum absolute atomic E-state index is 0.758. The molecule has 0 saturated heterocycles. The van der Waals surface area contributed by atoms with Crippen molar-refractivity contribution in [2.75, 3.05) is 5.73 Å². The van der Waals surface area contributed by atoms with Crippen molar-refractivity contribution in [2.24, 2.45) is 0 Å². The largest absolute Gasteiger partial charge is 0.398 e. The molecule has 2 N–H and O–H groups in total. The van der Waals surface area contributed by atoms with E-state index in [9.17, 15) is 0 Å². The number of hydrogen-bond acceptors (Lipinski definition) is 3. The maximum absolute atomic E-state index is 5.85. The number of nitrogen functional groups attached to an aromatic ring is 1. The molecule has 1 nitrogen and oxygen atoms in total. The lowest BCUT2D eigenvalue weighted by Gasteiger charge is -1.97. The minimum Gasteiger partial charge on any atom is -0.398 e. The molecule has 1 heterocycles. The average Bonchev–Trinajstić information content (AvgIpc) is 2.49. The lowest BCUT2D eigenvalue weighted by molar-refractivity contribution is 1.53. The number of hydrogen-bond donors (Lipinski definition) is 2. The summed E-state index contributed by atoms with van der Waals surface area (Å²) in [5, 5.41) is 3.30. The average molecular weight is 195 g/mol. The zero-order chi connectivity index (χ0) is 8.55. The highest BCUT2D eigenvalue weighted by Gasteiger charge is 2.04. The number of rotatable bonds is 1. The SMILES string of the molecule is Nc1cccc2scc(CS)c12. The van der Waals surface area contributed by atoms with Crippen molar-refractivity contribution >= 4 is 39.7 Å². The molecule has 0 unspecified atom stereocenters. The third-order valence-corrected chi connectivity index (χ3v) is 3.22. The highest BCUT2D eigenvalue weighted by Crippen LogP contribution is 2.31. The Kier molecular flexibility index (Phi) is 1.98. The number of anilines is 1. The van der Waals surface area contributed by atoms with E-state index >= 15 is 0 Å². The molecule has 0 aliphatic heterocycles. The summed E-state index contributed by atoms with van der Waals surface area (Å²) in [5.41, 5.74) is 7.94. The monoisotopic (exact) mass is 195 g/mol. The second kappa shape index (κ2) is 2.99. The van der Waals surface area contributed by atoms with Crippen LogP contribution in [-0.2, 0) is 5.75 Å². The van der Waals surface area contributed by atoms with Crippen LogP contribution >= 0.6 is 24.0 Å². The van der Waals surface area contributed by atoms with Gasteiger partial charge in [-0.15, -0.1) is 11.3 Å². The summed E-state index contributed by atoms with van der Waals surface area (Å²) in [7, 11) is 0. The molecular weight excluding hydrogens is 186 g/mol. The Morgan fingerprint density at radius 1 is 1.42 bits per heavy atom. The Morgan fingerprint density at radius 2 is 2.25 bits per heavy atom. The van der Waals surface area contributed by atoms with Crippen molar-refractivity contribution in [2.45, 2.75) is 5.75 Å². The quantitative estimate of drug-likeness (QED) is 0.531. The Morgan fingerprint density at radius 3 is 3.00 bits per heavy atom. The van der Waals surface area contributed by atoms with Gasteiger partial charge < -0.3 is 5.73 Å². The Bertz CT molecular complexity index is 406. The smallest absolute Gasteiger partial charge is 0.0405 e. The van der Waals surface area contributed by atoms with Gasteiger partial charge in [0.05, 0.1) is 0 Å². The van der Waals surface area contributed by atoms with E-state index in [0.29, 0.717) is 0 Å². The van der Waals surface area contributed by atoms with E-state index < -0.39 is 0 Å². The second-order valence-corrected chi connectivity index (χ2v) is 3.87. The molecule has 0 atom stereocenters. The predicted octanol–water partition coefficient (Wildman–Crippen LogP) is 2.91. The normalized spacial score (nSPS) is 10.8. The first-order valence-electron chi connectivity index (χ1n) is 3.68. The van der Waals surface area contributed by atoms with Crippen LogP contribution in [0.4, 0.5) is 5.69 Å². The van der Waals surface area contributed by atoms with Gasteiger partial charge in [0.15, 0.2) is 0 Å². The van der Waals surface area contributed by atoms with Gasteiger partial charge >= 0.3 is 0 Å². The zero-order valence-corrected chi connectivity index (χ0v) is 8.16. The fourth-order valence-electron chi connectivity index (χ4n) is 1.30. The number of thiophene rings is 1. The van der Waals surface area contributed by atoms with Crippen molar-refractivity contribution in [3.8, 4) is 0 Å². The lowest BCUT2D eigenvalue weighted by Crippen LogP contribution is -1.85. The number of nitrogens with two attached hydrogens (primary N) is 1. The molecule has 0 fully saturated rings. The van der Waals surface area contributed by atoms with Crippen LogP contribution in [0.25, 0.3) is 10.1 Å². The van der Waals surface area contributed by atoms with Crippen LogP contribution in [0.2, 0.25) is 0 Å². The van der Waals surface area contributed by atoms with E-state index in [1.54, 1.807) is 11.3 Å². The van der Waals surface area contributed by atoms with Crippen molar-refractivity contribution < 1.29 is 0 Å². The van der Waals surface area contributed by atoms with E-state index in [1.165, 1.54) is 15.6 Å². The van der Waals surface area contributed by atoms with Gasteiger partial charge in [0.2, 0.25) is 0 Å². The van der Waals surface area contributed by atoms with Gasteiger partial charge in [-0.2, -0.15) is 12.6 Å². The Labute approximate surface area is 80.6 Å². The summed E-state index contributed by atoms with van der Waals surface area (Å²) in [6.07, 6.45) is 0. The summed E-state index contributed by atoms with van der Waals surface area (Å²) in [4.78, 5) is 0. The molecule has 1 aromatic heterocycles. The maximum atomic E-state index is 5.85. The first kappa shape index (κ1) is 7.95. The molecule has 0 radical (unpaired) electrons. The number of benzene rings is 1. The van der Waals surface area contributed by atoms with Crippen molar-refractivity contribution in [1.82, 2.24) is 0 Å². The van der Waals surface area contributed by atoms with Crippen LogP contribution < -0.4 is 5.73 Å². The molecule has 0 saturated carbocycles. The van der Waals surface area contributed by atoms with Crippen molar-refractivity contribution in [1.29, 1.82) is 0 Å². The van der Waals surface area contributed by atoms with Crippen molar-refractivity contribution in [3.63, 3.8) is 0 Å². The van der Waals surface area contributed by atoms with E-state index in [4.69, 9.17) is 5.73 Å². The number of fused-ring (bicyclic) bond motifs is 1. The summed E-state index contributed by atoms with van der Waals surface area (Å²) in [5.74, 6) is 0.758. The van der Waals surface area contributed by atoms with E-state index in [2.05, 4.69) is 24.1 Å². The van der Waals surface area contributed by atoms with Gasteiger partial charge in [0, 0.05) is 21.5 Å². The third-order valence-electron chi connectivity index (χ3n) is 1.88. The molecule has 0 aliphatic carbocycles. The van der Waals surface area contributed by atoms with Crippen LogP contribution in [0.1, 0.15) is 5.56 Å². The Hall–Kier alpha value is -0.670. The third kappa shape index (κ3) is 1.09. The fraction of sp³-hybridized carbons (Fsp3) is 0.111.